The number of rotatable bonds is 2. The van der Waals surface area contributed by atoms with Crippen molar-refractivity contribution in [2.45, 2.75) is 12.8 Å². The predicted molar refractivity (Wildman–Crippen MR) is 52.2 cm³/mol. The Labute approximate surface area is 94.9 Å². The van der Waals surface area contributed by atoms with Gasteiger partial charge in [0.1, 0.15) is 11.2 Å². The Kier molecular flexibility index (Phi) is 2.54. The van der Waals surface area contributed by atoms with Gasteiger partial charge in [-0.05, 0) is 12.8 Å². The highest BCUT2D eigenvalue weighted by molar-refractivity contribution is 5.99. The van der Waals surface area contributed by atoms with Gasteiger partial charge in [0.2, 0.25) is 5.91 Å². The van der Waals surface area contributed by atoms with Gasteiger partial charge < -0.3 is 5.32 Å². The molecule has 0 aliphatic heterocycles. The fourth-order valence-corrected chi connectivity index (χ4v) is 1.40. The summed E-state index contributed by atoms with van der Waals surface area (Å²) in [6.07, 6.45) is 0.740. The van der Waals surface area contributed by atoms with Crippen LogP contribution in [0.5, 0.6) is 0 Å². The molecule has 1 aromatic carbocycles. The lowest BCUT2D eigenvalue weighted by Gasteiger charge is -2.09. The minimum absolute atomic E-state index is 0.370. The number of nitrogens with zero attached hydrogens (tertiary/aromatic N) is 1. The first kappa shape index (κ1) is 11.5. The van der Waals surface area contributed by atoms with Crippen LogP contribution >= 0.6 is 0 Å². The van der Waals surface area contributed by atoms with Gasteiger partial charge >= 0.3 is 0 Å². The summed E-state index contributed by atoms with van der Waals surface area (Å²) < 4.78 is 38.9. The minimum atomic E-state index is -1.39. The van der Waals surface area contributed by atoms with Crippen LogP contribution in [0, 0.1) is 34.2 Å². The number of halogens is 3. The summed E-state index contributed by atoms with van der Waals surface area (Å²) in [5.41, 5.74) is -1.76. The molecule has 1 amide bonds. The van der Waals surface area contributed by atoms with Crippen molar-refractivity contribution in [1.29, 1.82) is 5.26 Å². The van der Waals surface area contributed by atoms with Crippen LogP contribution < -0.4 is 5.32 Å². The van der Waals surface area contributed by atoms with Crippen molar-refractivity contribution in [3.05, 3.63) is 29.6 Å². The topological polar surface area (TPSA) is 52.9 Å². The molecule has 17 heavy (non-hydrogen) atoms. The normalized spacial score (nSPS) is 16.1. The molecule has 1 aliphatic rings. The van der Waals surface area contributed by atoms with Crippen molar-refractivity contribution < 1.29 is 18.0 Å². The Balaban J connectivity index is 2.26. The van der Waals surface area contributed by atoms with E-state index in [1.54, 1.807) is 6.07 Å². The van der Waals surface area contributed by atoms with Crippen LogP contribution in [0.4, 0.5) is 18.9 Å². The number of amides is 1. The van der Waals surface area contributed by atoms with Gasteiger partial charge in [0.05, 0.1) is 11.8 Å². The van der Waals surface area contributed by atoms with E-state index in [0.717, 1.165) is 0 Å². The van der Waals surface area contributed by atoms with E-state index in [9.17, 15) is 18.0 Å². The summed E-state index contributed by atoms with van der Waals surface area (Å²) in [5.74, 6) is -4.46. The smallest absolute Gasteiger partial charge is 0.244 e. The molecular formula is C11H7F3N2O. The van der Waals surface area contributed by atoms with E-state index < -0.39 is 34.5 Å². The van der Waals surface area contributed by atoms with Crippen LogP contribution in [0.2, 0.25) is 0 Å². The molecule has 2 rings (SSSR count). The van der Waals surface area contributed by atoms with E-state index in [1.165, 1.54) is 0 Å². The van der Waals surface area contributed by atoms with Crippen LogP contribution in [-0.2, 0) is 4.79 Å². The van der Waals surface area contributed by atoms with Crippen molar-refractivity contribution in [2.75, 3.05) is 5.32 Å². The standard InChI is InChI=1S/C11H7F3N2O/c12-6-3-7(13)9(14)8(4-6)16-10(17)11(5-15)1-2-11/h3-4H,1-2H2,(H,16,17). The van der Waals surface area contributed by atoms with E-state index in [1.807, 2.05) is 5.32 Å². The molecule has 0 heterocycles. The molecule has 1 aliphatic carbocycles. The SMILES string of the molecule is N#CC1(C(=O)Nc2cc(F)cc(F)c2F)CC1. The van der Waals surface area contributed by atoms with E-state index >= 15 is 0 Å². The van der Waals surface area contributed by atoms with Gasteiger partial charge in [-0.25, -0.2) is 13.2 Å². The Bertz CT molecular complexity index is 532. The van der Waals surface area contributed by atoms with Gasteiger partial charge in [0.25, 0.3) is 0 Å². The second kappa shape index (κ2) is 3.77. The largest absolute Gasteiger partial charge is 0.322 e. The van der Waals surface area contributed by atoms with Gasteiger partial charge in [-0.15, -0.1) is 0 Å². The number of hydrogen-bond acceptors (Lipinski definition) is 2. The molecule has 0 radical (unpaired) electrons. The van der Waals surface area contributed by atoms with Crippen LogP contribution in [-0.4, -0.2) is 5.91 Å². The van der Waals surface area contributed by atoms with Gasteiger partial charge in [0, 0.05) is 12.1 Å². The zero-order valence-electron chi connectivity index (χ0n) is 8.56. The summed E-state index contributed by atoms with van der Waals surface area (Å²) in [6.45, 7) is 0. The number of nitrogens with one attached hydrogen (secondary N) is 1. The van der Waals surface area contributed by atoms with Gasteiger partial charge in [0.15, 0.2) is 11.6 Å². The first-order valence-corrected chi connectivity index (χ1v) is 4.86. The van der Waals surface area contributed by atoms with Crippen molar-refractivity contribution in [3.8, 4) is 6.07 Å². The van der Waals surface area contributed by atoms with E-state index in [4.69, 9.17) is 5.26 Å². The third-order valence-electron chi connectivity index (χ3n) is 2.64. The molecule has 1 fully saturated rings. The number of carbonyl (C=O) groups excluding carboxylic acids is 1. The molecule has 1 saturated carbocycles. The summed E-state index contributed by atoms with van der Waals surface area (Å²) in [6, 6.07) is 2.85. The second-order valence-corrected chi connectivity index (χ2v) is 3.90. The molecule has 0 aromatic heterocycles. The maximum absolute atomic E-state index is 13.2. The third kappa shape index (κ3) is 1.96. The fourth-order valence-electron chi connectivity index (χ4n) is 1.40. The van der Waals surface area contributed by atoms with Crippen LogP contribution in [0.1, 0.15) is 12.8 Å². The maximum atomic E-state index is 13.2. The average molecular weight is 240 g/mol. The number of nitriles is 1. The quantitative estimate of drug-likeness (QED) is 0.806. The first-order valence-electron chi connectivity index (χ1n) is 4.86. The highest BCUT2D eigenvalue weighted by atomic mass is 19.2. The van der Waals surface area contributed by atoms with Gasteiger partial charge in [-0.2, -0.15) is 5.26 Å². The third-order valence-corrected chi connectivity index (χ3v) is 2.64. The predicted octanol–water partition coefficient (Wildman–Crippen LogP) is 2.35. The molecule has 0 bridgehead atoms. The number of anilines is 1. The Morgan fingerprint density at radius 3 is 2.53 bits per heavy atom. The fraction of sp³-hybridized carbons (Fsp3) is 0.273. The molecule has 6 heteroatoms. The highest BCUT2D eigenvalue weighted by Gasteiger charge is 2.50. The molecule has 1 N–H and O–H groups in total. The molecule has 0 unspecified atom stereocenters. The second-order valence-electron chi connectivity index (χ2n) is 3.90. The van der Waals surface area contributed by atoms with Crippen molar-refractivity contribution in [1.82, 2.24) is 0 Å². The Hall–Kier alpha value is -2.03. The van der Waals surface area contributed by atoms with Gasteiger partial charge in [-0.1, -0.05) is 0 Å². The molecule has 0 saturated heterocycles. The lowest BCUT2D eigenvalue weighted by atomic mass is 10.1. The monoisotopic (exact) mass is 240 g/mol. The lowest BCUT2D eigenvalue weighted by Crippen LogP contribution is -2.23. The molecule has 3 nitrogen and oxygen atoms in total. The highest BCUT2D eigenvalue weighted by Crippen LogP contribution is 2.45. The summed E-state index contributed by atoms with van der Waals surface area (Å²) in [5, 5.41) is 10.8. The molecule has 1 aromatic rings. The average Bonchev–Trinajstić information content (AvgIpc) is 3.06. The maximum Gasteiger partial charge on any atom is 0.244 e. The van der Waals surface area contributed by atoms with E-state index in [0.29, 0.717) is 25.0 Å². The number of carbonyl (C=O) groups is 1. The number of hydrogen-bond donors (Lipinski definition) is 1. The zero-order chi connectivity index (χ0) is 12.6. The summed E-state index contributed by atoms with van der Waals surface area (Å²) in [4.78, 5) is 11.6. The van der Waals surface area contributed by atoms with Crippen LogP contribution in [0.25, 0.3) is 0 Å². The molecule has 0 atom stereocenters. The molecule has 88 valence electrons. The Morgan fingerprint density at radius 1 is 1.35 bits per heavy atom. The number of benzene rings is 1. The van der Waals surface area contributed by atoms with Crippen molar-refractivity contribution in [3.63, 3.8) is 0 Å². The summed E-state index contributed by atoms with van der Waals surface area (Å²) >= 11 is 0. The summed E-state index contributed by atoms with van der Waals surface area (Å²) in [7, 11) is 0. The zero-order valence-corrected chi connectivity index (χ0v) is 8.56. The van der Waals surface area contributed by atoms with Crippen molar-refractivity contribution >= 4 is 11.6 Å². The first-order chi connectivity index (χ1) is 7.98. The molecule has 0 spiro atoms. The van der Waals surface area contributed by atoms with E-state index in [-0.39, 0.29) is 0 Å². The minimum Gasteiger partial charge on any atom is -0.322 e. The molecular weight excluding hydrogens is 233 g/mol. The van der Waals surface area contributed by atoms with Crippen molar-refractivity contribution in [2.24, 2.45) is 5.41 Å². The lowest BCUT2D eigenvalue weighted by molar-refractivity contribution is -0.119. The van der Waals surface area contributed by atoms with Crippen LogP contribution in [0.15, 0.2) is 12.1 Å². The Morgan fingerprint density at radius 2 is 2.00 bits per heavy atom. The van der Waals surface area contributed by atoms with Gasteiger partial charge in [-0.3, -0.25) is 4.79 Å². The van der Waals surface area contributed by atoms with E-state index in [2.05, 4.69) is 0 Å². The van der Waals surface area contributed by atoms with Crippen LogP contribution in [0.3, 0.4) is 0 Å².